The van der Waals surface area contributed by atoms with E-state index < -0.39 is 0 Å². The molecule has 0 spiro atoms. The smallest absolute Gasteiger partial charge is 0.130 e. The summed E-state index contributed by atoms with van der Waals surface area (Å²) in [6, 6.07) is 3.27. The Bertz CT molecular complexity index is 336. The summed E-state index contributed by atoms with van der Waals surface area (Å²) in [6.07, 6.45) is 0. The van der Waals surface area contributed by atoms with Crippen LogP contribution in [0.15, 0.2) is 16.6 Å². The number of rotatable bonds is 2. The van der Waals surface area contributed by atoms with Crippen LogP contribution in [-0.4, -0.2) is 0 Å². The topological polar surface area (TPSA) is 26.0 Å². The molecule has 0 aliphatic heterocycles. The highest BCUT2D eigenvalue weighted by atomic mass is 79.9. The van der Waals surface area contributed by atoms with E-state index in [-0.39, 0.29) is 17.8 Å². The first-order chi connectivity index (χ1) is 6.43. The molecule has 1 atom stereocenters. The molecule has 0 bridgehead atoms. The summed E-state index contributed by atoms with van der Waals surface area (Å²) in [5.74, 6) is 0.0487. The van der Waals surface area contributed by atoms with E-state index in [4.69, 9.17) is 5.73 Å². The predicted octanol–water partition coefficient (Wildman–Crippen LogP) is 3.55. The summed E-state index contributed by atoms with van der Waals surface area (Å²) >= 11 is 3.34. The molecule has 0 amide bonds. The number of hydrogen-bond donors (Lipinski definition) is 1. The molecule has 0 aromatic heterocycles. The second-order valence-corrected chi connectivity index (χ2v) is 4.81. The van der Waals surface area contributed by atoms with Crippen LogP contribution in [0.1, 0.15) is 31.0 Å². The van der Waals surface area contributed by atoms with E-state index in [0.717, 1.165) is 4.47 Å². The molecule has 2 N–H and O–H groups in total. The Kier molecular flexibility index (Phi) is 3.67. The number of halogens is 2. The number of aryl methyl sites for hydroxylation is 1. The summed E-state index contributed by atoms with van der Waals surface area (Å²) in [7, 11) is 0. The van der Waals surface area contributed by atoms with Crippen molar-refractivity contribution in [3.63, 3.8) is 0 Å². The molecule has 1 nitrogen and oxygen atoms in total. The standard InChI is InChI=1S/C11H15BrFN/c1-6(2)11(14)9-5-8(12)4-7(3)10(9)13/h4-6,11H,14H2,1-3H3. The van der Waals surface area contributed by atoms with Crippen molar-refractivity contribution in [2.24, 2.45) is 11.7 Å². The highest BCUT2D eigenvalue weighted by Gasteiger charge is 2.16. The van der Waals surface area contributed by atoms with Gasteiger partial charge in [0, 0.05) is 16.1 Å². The maximum absolute atomic E-state index is 13.7. The van der Waals surface area contributed by atoms with Crippen LogP contribution < -0.4 is 5.73 Å². The molecule has 0 radical (unpaired) electrons. The Hall–Kier alpha value is -0.410. The van der Waals surface area contributed by atoms with Gasteiger partial charge in [0.2, 0.25) is 0 Å². The van der Waals surface area contributed by atoms with Crippen molar-refractivity contribution in [3.05, 3.63) is 33.5 Å². The monoisotopic (exact) mass is 259 g/mol. The molecular formula is C11H15BrFN. The summed E-state index contributed by atoms with van der Waals surface area (Å²) in [4.78, 5) is 0. The van der Waals surface area contributed by atoms with Crippen LogP contribution in [0.2, 0.25) is 0 Å². The van der Waals surface area contributed by atoms with Gasteiger partial charge in [-0.2, -0.15) is 0 Å². The Morgan fingerprint density at radius 2 is 1.93 bits per heavy atom. The average molecular weight is 260 g/mol. The fraction of sp³-hybridized carbons (Fsp3) is 0.455. The highest BCUT2D eigenvalue weighted by Crippen LogP contribution is 2.27. The van der Waals surface area contributed by atoms with Crippen LogP contribution in [0.4, 0.5) is 4.39 Å². The maximum Gasteiger partial charge on any atom is 0.130 e. The molecule has 78 valence electrons. The SMILES string of the molecule is Cc1cc(Br)cc(C(N)C(C)C)c1F. The molecule has 1 rings (SSSR count). The first-order valence-corrected chi connectivity index (χ1v) is 5.44. The quantitative estimate of drug-likeness (QED) is 0.864. The van der Waals surface area contributed by atoms with Crippen molar-refractivity contribution in [1.82, 2.24) is 0 Å². The molecule has 1 unspecified atom stereocenters. The first kappa shape index (κ1) is 11.7. The Balaban J connectivity index is 3.20. The minimum Gasteiger partial charge on any atom is -0.324 e. The van der Waals surface area contributed by atoms with Crippen LogP contribution in [0.25, 0.3) is 0 Å². The summed E-state index contributed by atoms with van der Waals surface area (Å²) in [5, 5.41) is 0. The molecule has 0 aliphatic rings. The van der Waals surface area contributed by atoms with Crippen LogP contribution in [-0.2, 0) is 0 Å². The van der Waals surface area contributed by atoms with Gasteiger partial charge in [0.05, 0.1) is 0 Å². The zero-order valence-electron chi connectivity index (χ0n) is 8.64. The lowest BCUT2D eigenvalue weighted by molar-refractivity contribution is 0.482. The molecule has 0 saturated carbocycles. The normalized spacial score (nSPS) is 13.4. The second-order valence-electron chi connectivity index (χ2n) is 3.90. The molecule has 14 heavy (non-hydrogen) atoms. The fourth-order valence-corrected chi connectivity index (χ4v) is 1.94. The lowest BCUT2D eigenvalue weighted by atomic mass is 9.95. The van der Waals surface area contributed by atoms with E-state index >= 15 is 0 Å². The van der Waals surface area contributed by atoms with E-state index in [0.29, 0.717) is 11.1 Å². The van der Waals surface area contributed by atoms with Crippen LogP contribution >= 0.6 is 15.9 Å². The number of hydrogen-bond acceptors (Lipinski definition) is 1. The van der Waals surface area contributed by atoms with Crippen molar-refractivity contribution in [2.45, 2.75) is 26.8 Å². The van der Waals surface area contributed by atoms with Gasteiger partial charge >= 0.3 is 0 Å². The zero-order chi connectivity index (χ0) is 10.9. The zero-order valence-corrected chi connectivity index (χ0v) is 10.2. The van der Waals surface area contributed by atoms with Gasteiger partial charge in [-0.15, -0.1) is 0 Å². The Morgan fingerprint density at radius 1 is 1.36 bits per heavy atom. The Morgan fingerprint density at radius 3 is 2.43 bits per heavy atom. The third-order valence-electron chi connectivity index (χ3n) is 2.32. The lowest BCUT2D eigenvalue weighted by Crippen LogP contribution is -2.18. The highest BCUT2D eigenvalue weighted by molar-refractivity contribution is 9.10. The molecule has 0 saturated heterocycles. The van der Waals surface area contributed by atoms with E-state index in [1.807, 2.05) is 13.8 Å². The van der Waals surface area contributed by atoms with Crippen LogP contribution in [0.5, 0.6) is 0 Å². The summed E-state index contributed by atoms with van der Waals surface area (Å²) < 4.78 is 14.6. The van der Waals surface area contributed by atoms with E-state index in [9.17, 15) is 4.39 Å². The molecule has 1 aromatic carbocycles. The van der Waals surface area contributed by atoms with Crippen molar-refractivity contribution in [1.29, 1.82) is 0 Å². The van der Waals surface area contributed by atoms with Gasteiger partial charge in [0.25, 0.3) is 0 Å². The van der Waals surface area contributed by atoms with Gasteiger partial charge in [-0.1, -0.05) is 29.8 Å². The lowest BCUT2D eigenvalue weighted by Gasteiger charge is -2.18. The van der Waals surface area contributed by atoms with Gasteiger partial charge in [-0.3, -0.25) is 0 Å². The van der Waals surface area contributed by atoms with Crippen molar-refractivity contribution in [2.75, 3.05) is 0 Å². The van der Waals surface area contributed by atoms with E-state index in [2.05, 4.69) is 15.9 Å². The van der Waals surface area contributed by atoms with Gasteiger partial charge < -0.3 is 5.73 Å². The van der Waals surface area contributed by atoms with Gasteiger partial charge in [0.15, 0.2) is 0 Å². The van der Waals surface area contributed by atoms with Crippen LogP contribution in [0.3, 0.4) is 0 Å². The maximum atomic E-state index is 13.7. The van der Waals surface area contributed by atoms with Gasteiger partial charge in [-0.05, 0) is 30.5 Å². The largest absolute Gasteiger partial charge is 0.324 e. The number of benzene rings is 1. The molecular weight excluding hydrogens is 245 g/mol. The molecule has 0 heterocycles. The molecule has 1 aromatic rings. The van der Waals surface area contributed by atoms with Gasteiger partial charge in [0.1, 0.15) is 5.82 Å². The second kappa shape index (κ2) is 4.41. The van der Waals surface area contributed by atoms with Crippen LogP contribution in [0, 0.1) is 18.7 Å². The minimum atomic E-state index is -0.244. The van der Waals surface area contributed by atoms with Crippen molar-refractivity contribution >= 4 is 15.9 Å². The van der Waals surface area contributed by atoms with Crippen molar-refractivity contribution < 1.29 is 4.39 Å². The fourth-order valence-electron chi connectivity index (χ4n) is 1.35. The summed E-state index contributed by atoms with van der Waals surface area (Å²) in [5.41, 5.74) is 7.14. The minimum absolute atomic E-state index is 0.186. The Labute approximate surface area is 92.6 Å². The molecule has 0 aliphatic carbocycles. The third-order valence-corrected chi connectivity index (χ3v) is 2.78. The van der Waals surface area contributed by atoms with Gasteiger partial charge in [-0.25, -0.2) is 4.39 Å². The third kappa shape index (κ3) is 2.34. The molecule has 0 fully saturated rings. The first-order valence-electron chi connectivity index (χ1n) is 4.64. The number of nitrogens with two attached hydrogens (primary N) is 1. The predicted molar refractivity (Wildman–Crippen MR) is 60.6 cm³/mol. The van der Waals surface area contributed by atoms with E-state index in [1.54, 1.807) is 19.1 Å². The molecule has 3 heteroatoms. The van der Waals surface area contributed by atoms with Crippen molar-refractivity contribution in [3.8, 4) is 0 Å². The van der Waals surface area contributed by atoms with E-state index in [1.165, 1.54) is 0 Å². The summed E-state index contributed by atoms with van der Waals surface area (Å²) in [6.45, 7) is 5.72. The average Bonchev–Trinajstić information content (AvgIpc) is 2.09.